The number of halogens is 4. The first kappa shape index (κ1) is 24.8. The van der Waals surface area contributed by atoms with Gasteiger partial charge in [0.1, 0.15) is 11.0 Å². The first-order valence-electron chi connectivity index (χ1n) is 11.0. The van der Waals surface area contributed by atoms with Gasteiger partial charge in [-0.1, -0.05) is 11.6 Å². The lowest BCUT2D eigenvalue weighted by atomic mass is 10.0. The first-order valence-corrected chi connectivity index (χ1v) is 11.4. The average Bonchev–Trinajstić information content (AvgIpc) is 2.80. The fraction of sp³-hybridized carbons (Fsp3) is 0.391. The number of rotatable bonds is 6. The summed E-state index contributed by atoms with van der Waals surface area (Å²) in [5.74, 6) is -4.51. The van der Waals surface area contributed by atoms with Gasteiger partial charge in [0.25, 0.3) is 11.5 Å². The predicted molar refractivity (Wildman–Crippen MR) is 126 cm³/mol. The van der Waals surface area contributed by atoms with Crippen LogP contribution in [0.5, 0.6) is 0 Å². The molecule has 0 bridgehead atoms. The lowest BCUT2D eigenvalue weighted by molar-refractivity contribution is -0.0223. The third-order valence-corrected chi connectivity index (χ3v) is 6.24. The quantitative estimate of drug-likeness (QED) is 0.464. The molecule has 2 aromatic heterocycles. The molecule has 35 heavy (non-hydrogen) atoms. The van der Waals surface area contributed by atoms with Crippen LogP contribution in [0, 0.1) is 5.82 Å². The molecule has 4 rings (SSSR count). The van der Waals surface area contributed by atoms with E-state index in [1.165, 1.54) is 22.8 Å². The normalized spacial score (nSPS) is 16.3. The number of pyridine rings is 1. The van der Waals surface area contributed by atoms with E-state index in [9.17, 15) is 27.9 Å². The highest BCUT2D eigenvalue weighted by atomic mass is 35.5. The van der Waals surface area contributed by atoms with Crippen LogP contribution in [0.25, 0.3) is 10.9 Å². The number of piperidine rings is 1. The van der Waals surface area contributed by atoms with Crippen molar-refractivity contribution in [2.75, 3.05) is 23.3 Å². The van der Waals surface area contributed by atoms with E-state index in [0.717, 1.165) is 6.07 Å². The second kappa shape index (κ2) is 9.37. The molecule has 0 saturated carbocycles. The van der Waals surface area contributed by atoms with E-state index in [1.54, 1.807) is 18.7 Å². The third-order valence-electron chi connectivity index (χ3n) is 6.03. The molecular formula is C23H23ClF3N5O3. The molecule has 0 spiro atoms. The van der Waals surface area contributed by atoms with Crippen molar-refractivity contribution in [1.29, 1.82) is 0 Å². The summed E-state index contributed by atoms with van der Waals surface area (Å²) in [7, 11) is 0. The molecule has 3 aromatic rings. The molecule has 2 N–H and O–H groups in total. The number of carbonyl (C=O) groups is 1. The molecule has 3 heterocycles. The van der Waals surface area contributed by atoms with Crippen molar-refractivity contribution in [2.24, 2.45) is 0 Å². The Balaban J connectivity index is 1.82. The predicted octanol–water partition coefficient (Wildman–Crippen LogP) is 4.71. The van der Waals surface area contributed by atoms with Gasteiger partial charge in [0.05, 0.1) is 22.6 Å². The number of hydrogen-bond acceptors (Lipinski definition) is 6. The van der Waals surface area contributed by atoms with E-state index in [2.05, 4.69) is 15.3 Å². The number of aromatic nitrogens is 3. The lowest BCUT2D eigenvalue weighted by Gasteiger charge is -2.33. The minimum absolute atomic E-state index is 0.00431. The Morgan fingerprint density at radius 3 is 2.57 bits per heavy atom. The van der Waals surface area contributed by atoms with Gasteiger partial charge in [0.2, 0.25) is 5.95 Å². The van der Waals surface area contributed by atoms with Gasteiger partial charge < -0.3 is 15.3 Å². The van der Waals surface area contributed by atoms with Gasteiger partial charge in [-0.05, 0) is 38.1 Å². The highest BCUT2D eigenvalue weighted by Crippen LogP contribution is 2.32. The van der Waals surface area contributed by atoms with Crippen LogP contribution >= 0.6 is 11.6 Å². The Morgan fingerprint density at radius 2 is 1.94 bits per heavy atom. The topological polar surface area (TPSA) is 100 Å². The van der Waals surface area contributed by atoms with Crippen molar-refractivity contribution >= 4 is 40.1 Å². The van der Waals surface area contributed by atoms with Crippen LogP contribution in [0.4, 0.5) is 24.8 Å². The second-order valence-electron chi connectivity index (χ2n) is 8.40. The minimum atomic E-state index is -2.77. The summed E-state index contributed by atoms with van der Waals surface area (Å²) in [5.41, 5.74) is -0.159. The fourth-order valence-electron chi connectivity index (χ4n) is 4.22. The molecular weight excluding hydrogens is 487 g/mol. The smallest absolute Gasteiger partial charge is 0.356 e. The molecule has 1 aliphatic rings. The highest BCUT2D eigenvalue weighted by Gasteiger charge is 2.35. The number of alkyl halides is 2. The zero-order valence-corrected chi connectivity index (χ0v) is 19.7. The summed E-state index contributed by atoms with van der Waals surface area (Å²) in [6.07, 6.45) is -0.721. The van der Waals surface area contributed by atoms with Gasteiger partial charge in [0.15, 0.2) is 5.69 Å². The number of aromatic carboxylic acids is 1. The van der Waals surface area contributed by atoms with E-state index >= 15 is 0 Å². The number of anilines is 2. The number of fused-ring (bicyclic) bond motifs is 1. The largest absolute Gasteiger partial charge is 0.476 e. The van der Waals surface area contributed by atoms with Crippen LogP contribution in [0.2, 0.25) is 5.15 Å². The van der Waals surface area contributed by atoms with Crippen LogP contribution in [0.15, 0.2) is 29.1 Å². The number of nitrogens with one attached hydrogen (secondary N) is 1. The summed E-state index contributed by atoms with van der Waals surface area (Å²) in [6, 6.07) is 4.45. The summed E-state index contributed by atoms with van der Waals surface area (Å²) >= 11 is 5.82. The van der Waals surface area contributed by atoms with Gasteiger partial charge >= 0.3 is 5.97 Å². The molecule has 1 aliphatic heterocycles. The summed E-state index contributed by atoms with van der Waals surface area (Å²) in [5, 5.41) is 12.5. The fourth-order valence-corrected chi connectivity index (χ4v) is 4.37. The molecule has 1 saturated heterocycles. The van der Waals surface area contributed by atoms with Gasteiger partial charge in [0, 0.05) is 38.0 Å². The third kappa shape index (κ3) is 4.90. The van der Waals surface area contributed by atoms with Gasteiger partial charge in [-0.3, -0.25) is 9.36 Å². The first-order chi connectivity index (χ1) is 16.5. The summed E-state index contributed by atoms with van der Waals surface area (Å²) in [6.45, 7) is 3.65. The Morgan fingerprint density at radius 1 is 1.26 bits per heavy atom. The number of carboxylic acid groups (broad SMARTS) is 1. The SMILES string of the molecule is CCn1c(N2CCC(F)(F)CC2)nc2c([C@H](C)Nc3ccc(Cl)nc3C(=O)O)cc(F)cc2c1=O. The molecule has 0 aliphatic carbocycles. The van der Waals surface area contributed by atoms with Crippen molar-refractivity contribution in [1.82, 2.24) is 14.5 Å². The molecule has 8 nitrogen and oxygen atoms in total. The highest BCUT2D eigenvalue weighted by molar-refractivity contribution is 6.29. The van der Waals surface area contributed by atoms with Crippen LogP contribution in [-0.4, -0.2) is 44.6 Å². The van der Waals surface area contributed by atoms with Gasteiger partial charge in [-0.15, -0.1) is 0 Å². The zero-order chi connectivity index (χ0) is 25.5. The second-order valence-corrected chi connectivity index (χ2v) is 8.78. The van der Waals surface area contributed by atoms with Crippen molar-refractivity contribution in [3.05, 3.63) is 56.8 Å². The lowest BCUT2D eigenvalue weighted by Crippen LogP contribution is -2.42. The van der Waals surface area contributed by atoms with E-state index in [4.69, 9.17) is 11.6 Å². The van der Waals surface area contributed by atoms with E-state index in [1.807, 2.05) is 0 Å². The number of carboxylic acids is 1. The number of hydrogen-bond donors (Lipinski definition) is 2. The molecule has 186 valence electrons. The maximum absolute atomic E-state index is 14.6. The van der Waals surface area contributed by atoms with Crippen molar-refractivity contribution < 1.29 is 23.1 Å². The molecule has 1 atom stereocenters. The van der Waals surface area contributed by atoms with E-state index in [0.29, 0.717) is 5.56 Å². The van der Waals surface area contributed by atoms with E-state index in [-0.39, 0.29) is 65.9 Å². The Labute approximate surface area is 203 Å². The summed E-state index contributed by atoms with van der Waals surface area (Å²) in [4.78, 5) is 35.0. The van der Waals surface area contributed by atoms with Crippen molar-refractivity contribution in [2.45, 2.75) is 45.2 Å². The maximum atomic E-state index is 14.6. The number of benzene rings is 1. The van der Waals surface area contributed by atoms with Crippen molar-refractivity contribution in [3.8, 4) is 0 Å². The van der Waals surface area contributed by atoms with Crippen LogP contribution in [0.1, 0.15) is 48.8 Å². The Hall–Kier alpha value is -3.34. The zero-order valence-electron chi connectivity index (χ0n) is 19.0. The van der Waals surface area contributed by atoms with Gasteiger partial charge in [-0.2, -0.15) is 0 Å². The minimum Gasteiger partial charge on any atom is -0.476 e. The number of nitrogens with zero attached hydrogens (tertiary/aromatic N) is 4. The van der Waals surface area contributed by atoms with Crippen molar-refractivity contribution in [3.63, 3.8) is 0 Å². The summed E-state index contributed by atoms with van der Waals surface area (Å²) < 4.78 is 43.4. The van der Waals surface area contributed by atoms with E-state index < -0.39 is 29.3 Å². The van der Waals surface area contributed by atoms with Crippen LogP contribution in [0.3, 0.4) is 0 Å². The molecule has 0 unspecified atom stereocenters. The van der Waals surface area contributed by atoms with Crippen LogP contribution < -0.4 is 15.8 Å². The molecule has 12 heteroatoms. The van der Waals surface area contributed by atoms with Gasteiger partial charge in [-0.25, -0.2) is 27.9 Å². The maximum Gasteiger partial charge on any atom is 0.356 e. The standard InChI is InChI=1S/C23H23ClF3N5O3/c1-3-32-20(33)15-11-13(25)10-14(12(2)28-16-4-5-17(24)29-19(16)21(34)35)18(15)30-22(32)31-8-6-23(26,27)7-9-31/h4-5,10-12,28H,3,6-9H2,1-2H3,(H,34,35)/t12-/m0/s1. The molecule has 1 aromatic carbocycles. The van der Waals surface area contributed by atoms with Crippen LogP contribution in [-0.2, 0) is 6.54 Å². The monoisotopic (exact) mass is 509 g/mol. The average molecular weight is 510 g/mol. The molecule has 1 fully saturated rings. The Bertz CT molecular complexity index is 1350. The molecule has 0 amide bonds. The Kier molecular flexibility index (Phi) is 6.63. The molecule has 0 radical (unpaired) electrons.